The van der Waals surface area contributed by atoms with Gasteiger partial charge in [-0.25, -0.2) is 5.21 Å². The maximum absolute atomic E-state index is 13.5. The molecule has 0 aliphatic carbocycles. The summed E-state index contributed by atoms with van der Waals surface area (Å²) in [7, 11) is 0. The van der Waals surface area contributed by atoms with Gasteiger partial charge in [0.25, 0.3) is 0 Å². The second kappa shape index (κ2) is 5.37. The van der Waals surface area contributed by atoms with Gasteiger partial charge < -0.3 is 9.62 Å². The summed E-state index contributed by atoms with van der Waals surface area (Å²) < 4.78 is 5.62. The highest BCUT2D eigenvalue weighted by atomic mass is 16.8. The Bertz CT molecular complexity index is 650. The van der Waals surface area contributed by atoms with Crippen molar-refractivity contribution in [3.8, 4) is 0 Å². The molecule has 0 amide bonds. The third-order valence-corrected chi connectivity index (χ3v) is 6.84. The molecule has 7 heteroatoms. The minimum Gasteiger partial charge on any atom is -0.592 e. The van der Waals surface area contributed by atoms with E-state index in [4.69, 9.17) is 9.62 Å². The van der Waals surface area contributed by atoms with Crippen LogP contribution in [0.4, 0.5) is 5.88 Å². The van der Waals surface area contributed by atoms with E-state index in [1.807, 2.05) is 0 Å². The van der Waals surface area contributed by atoms with E-state index in [2.05, 4.69) is 37.5 Å². The van der Waals surface area contributed by atoms with E-state index >= 15 is 0 Å². The van der Waals surface area contributed by atoms with E-state index in [1.165, 1.54) is 6.07 Å². The van der Waals surface area contributed by atoms with E-state index in [-0.39, 0.29) is 34.7 Å². The molecule has 2 N–H and O–H groups in total. The number of ketones is 1. The fourth-order valence-corrected chi connectivity index (χ4v) is 5.24. The van der Waals surface area contributed by atoms with Crippen molar-refractivity contribution in [3.05, 3.63) is 23.1 Å². The third kappa shape index (κ3) is 2.13. The summed E-state index contributed by atoms with van der Waals surface area (Å²) in [5.74, 6) is 1.62. The van der Waals surface area contributed by atoms with Crippen molar-refractivity contribution in [1.82, 2.24) is 9.80 Å². The SMILES string of the molecule is CC(C)C12CN3CC(C(C)C)(CN(C1)C3c1ccc([NH+]([O-])O)o1)C2=O. The molecule has 4 saturated heterocycles. The maximum Gasteiger partial charge on any atom is 0.328 e. The van der Waals surface area contributed by atoms with Crippen LogP contribution in [0.2, 0.25) is 0 Å². The van der Waals surface area contributed by atoms with Crippen molar-refractivity contribution in [2.75, 3.05) is 26.2 Å². The monoisotopic (exact) mass is 349 g/mol. The molecule has 4 bridgehead atoms. The number of carbonyl (C=O) groups excluding carboxylic acids is 1. The van der Waals surface area contributed by atoms with Crippen molar-refractivity contribution in [2.45, 2.75) is 33.9 Å². The molecule has 1 aromatic heterocycles. The van der Waals surface area contributed by atoms with Crippen LogP contribution in [0.1, 0.15) is 39.6 Å². The quantitative estimate of drug-likeness (QED) is 0.794. The van der Waals surface area contributed by atoms with Gasteiger partial charge in [0.1, 0.15) is 11.9 Å². The van der Waals surface area contributed by atoms with Crippen LogP contribution in [-0.2, 0) is 4.79 Å². The topological polar surface area (TPSA) is 84.4 Å². The fraction of sp³-hybridized carbons (Fsp3) is 0.722. The Kier molecular flexibility index (Phi) is 3.69. The summed E-state index contributed by atoms with van der Waals surface area (Å²) in [6.45, 7) is 11.5. The molecule has 0 radical (unpaired) electrons. The van der Waals surface area contributed by atoms with Crippen LogP contribution in [-0.4, -0.2) is 47.0 Å². The second-order valence-electron chi connectivity index (χ2n) is 8.64. The van der Waals surface area contributed by atoms with E-state index in [9.17, 15) is 10.0 Å². The number of nitrogens with zero attached hydrogens (tertiary/aromatic N) is 2. The lowest BCUT2D eigenvalue weighted by atomic mass is 9.53. The molecule has 5 heterocycles. The first-order chi connectivity index (χ1) is 11.7. The highest BCUT2D eigenvalue weighted by molar-refractivity contribution is 5.94. The van der Waals surface area contributed by atoms with E-state index < -0.39 is 5.23 Å². The summed E-state index contributed by atoms with van der Waals surface area (Å²) in [6.07, 6.45) is -0.0695. The number of quaternary nitrogens is 1. The maximum atomic E-state index is 13.5. The van der Waals surface area contributed by atoms with Gasteiger partial charge in [-0.3, -0.25) is 14.6 Å². The lowest BCUT2D eigenvalue weighted by Gasteiger charge is -2.67. The molecule has 1 atom stereocenters. The van der Waals surface area contributed by atoms with Crippen molar-refractivity contribution < 1.29 is 19.6 Å². The Labute approximate surface area is 147 Å². The highest BCUT2D eigenvalue weighted by Crippen LogP contribution is 2.57. The van der Waals surface area contributed by atoms with Crippen LogP contribution < -0.4 is 5.23 Å². The molecule has 25 heavy (non-hydrogen) atoms. The Morgan fingerprint density at radius 3 is 1.96 bits per heavy atom. The lowest BCUT2D eigenvalue weighted by Crippen LogP contribution is -2.99. The molecule has 4 fully saturated rings. The van der Waals surface area contributed by atoms with Crippen LogP contribution in [0.25, 0.3) is 0 Å². The molecule has 0 aromatic carbocycles. The Hall–Kier alpha value is -1.25. The van der Waals surface area contributed by atoms with Crippen LogP contribution in [0.15, 0.2) is 16.5 Å². The van der Waals surface area contributed by atoms with Crippen LogP contribution in [0, 0.1) is 27.9 Å². The molecule has 5 rings (SSSR count). The lowest BCUT2D eigenvalue weighted by molar-refractivity contribution is -0.997. The number of hydrogen-bond donors (Lipinski definition) is 2. The minimum atomic E-state index is -1.05. The van der Waals surface area contributed by atoms with Gasteiger partial charge in [-0.05, 0) is 17.9 Å². The largest absolute Gasteiger partial charge is 0.592 e. The first-order valence-electron chi connectivity index (χ1n) is 9.07. The predicted molar refractivity (Wildman–Crippen MR) is 89.9 cm³/mol. The first-order valence-corrected chi connectivity index (χ1v) is 9.07. The van der Waals surface area contributed by atoms with Gasteiger partial charge in [-0.15, -0.1) is 0 Å². The average Bonchev–Trinajstić information content (AvgIpc) is 3.00. The van der Waals surface area contributed by atoms with Crippen molar-refractivity contribution in [1.29, 1.82) is 0 Å². The zero-order valence-electron chi connectivity index (χ0n) is 15.3. The standard InChI is InChI=1S/C18H27N3O4/c1-11(2)17-7-19-9-18(12(3)4,16(17)22)10-20(8-17)15(19)13-5-6-14(25-13)21(23)24/h5-6,11-12,15,21,23H,7-10H2,1-4H3. The predicted octanol–water partition coefficient (Wildman–Crippen LogP) is 1.18. The van der Waals surface area contributed by atoms with E-state index in [0.717, 1.165) is 26.2 Å². The molecule has 4 aliphatic rings. The van der Waals surface area contributed by atoms with Gasteiger partial charge in [0.2, 0.25) is 0 Å². The van der Waals surface area contributed by atoms with Gasteiger partial charge >= 0.3 is 5.88 Å². The second-order valence-corrected chi connectivity index (χ2v) is 8.64. The van der Waals surface area contributed by atoms with Gasteiger partial charge in [0.15, 0.2) is 5.78 Å². The fourth-order valence-electron chi connectivity index (χ4n) is 5.24. The van der Waals surface area contributed by atoms with E-state index in [1.54, 1.807) is 6.07 Å². The number of nitrogens with one attached hydrogen (secondary N) is 1. The Morgan fingerprint density at radius 2 is 1.60 bits per heavy atom. The minimum absolute atomic E-state index is 0.0283. The first kappa shape index (κ1) is 17.2. The molecule has 0 saturated carbocycles. The summed E-state index contributed by atoms with van der Waals surface area (Å²) in [6, 6.07) is 3.29. The van der Waals surface area contributed by atoms with E-state index in [0.29, 0.717) is 11.5 Å². The molecule has 7 nitrogen and oxygen atoms in total. The number of furan rings is 1. The molecule has 1 aromatic rings. The number of Topliss-reactive ketones (excluding diaryl/α,β-unsaturated/α-hetero) is 1. The van der Waals surface area contributed by atoms with Crippen LogP contribution in [0.5, 0.6) is 0 Å². The third-order valence-electron chi connectivity index (χ3n) is 6.84. The van der Waals surface area contributed by atoms with Gasteiger partial charge in [0, 0.05) is 32.2 Å². The summed E-state index contributed by atoms with van der Waals surface area (Å²) in [5, 5.41) is 19.3. The number of piperidine rings is 2. The number of carbonyl (C=O) groups is 1. The van der Waals surface area contributed by atoms with Crippen LogP contribution >= 0.6 is 0 Å². The summed E-state index contributed by atoms with van der Waals surface area (Å²) in [4.78, 5) is 18.1. The Balaban J connectivity index is 1.75. The highest BCUT2D eigenvalue weighted by Gasteiger charge is 2.67. The smallest absolute Gasteiger partial charge is 0.328 e. The van der Waals surface area contributed by atoms with Crippen molar-refractivity contribution >= 4 is 11.7 Å². The normalized spacial score (nSPS) is 41.1. The van der Waals surface area contributed by atoms with Crippen molar-refractivity contribution in [2.24, 2.45) is 22.7 Å². The molecular formula is C18H27N3O4. The number of rotatable bonds is 4. The van der Waals surface area contributed by atoms with Gasteiger partial charge in [0.05, 0.1) is 10.8 Å². The molecule has 1 unspecified atom stereocenters. The molecule has 0 spiro atoms. The molecule has 138 valence electrons. The average molecular weight is 349 g/mol. The summed E-state index contributed by atoms with van der Waals surface area (Å²) >= 11 is 0. The Morgan fingerprint density at radius 1 is 1.12 bits per heavy atom. The van der Waals surface area contributed by atoms with Gasteiger partial charge in [-0.1, -0.05) is 27.7 Å². The van der Waals surface area contributed by atoms with Crippen LogP contribution in [0.3, 0.4) is 0 Å². The molecule has 4 aliphatic heterocycles. The van der Waals surface area contributed by atoms with Crippen molar-refractivity contribution in [3.63, 3.8) is 0 Å². The van der Waals surface area contributed by atoms with Gasteiger partial charge in [-0.2, -0.15) is 5.23 Å². The number of hydrogen-bond acceptors (Lipinski definition) is 6. The summed E-state index contributed by atoms with van der Waals surface area (Å²) in [5.41, 5.74) is -0.668. The zero-order chi connectivity index (χ0) is 18.1. The zero-order valence-corrected chi connectivity index (χ0v) is 15.3. The molecular weight excluding hydrogens is 322 g/mol.